The number of hydrogen-bond donors (Lipinski definition) is 0. The second-order valence-electron chi connectivity index (χ2n) is 7.36. The van der Waals surface area contributed by atoms with Crippen LogP contribution in [0.2, 0.25) is 5.02 Å². The van der Waals surface area contributed by atoms with Crippen LogP contribution >= 0.6 is 11.6 Å². The number of carbonyl (C=O) groups is 2. The van der Waals surface area contributed by atoms with Crippen LogP contribution in [0, 0.1) is 6.57 Å². The van der Waals surface area contributed by atoms with Gasteiger partial charge < -0.3 is 4.90 Å². The molecule has 0 aromatic heterocycles. The zero-order valence-corrected chi connectivity index (χ0v) is 16.2. The third kappa shape index (κ3) is 3.14. The van der Waals surface area contributed by atoms with Crippen molar-refractivity contribution in [1.29, 1.82) is 0 Å². The Labute approximate surface area is 169 Å². The fraction of sp³-hybridized carbons (Fsp3) is 0.318. The first kappa shape index (κ1) is 18.5. The summed E-state index contributed by atoms with van der Waals surface area (Å²) in [7, 11) is 0. The molecule has 1 unspecified atom stereocenters. The van der Waals surface area contributed by atoms with Gasteiger partial charge in [-0.2, -0.15) is 0 Å². The second-order valence-corrected chi connectivity index (χ2v) is 7.80. The molecule has 3 amide bonds. The number of carbonyl (C=O) groups excluding carboxylic acids is 2. The van der Waals surface area contributed by atoms with Crippen LogP contribution in [0.25, 0.3) is 4.85 Å². The molecule has 0 aliphatic carbocycles. The summed E-state index contributed by atoms with van der Waals surface area (Å²) < 4.78 is 0. The van der Waals surface area contributed by atoms with Gasteiger partial charge in [0.25, 0.3) is 5.91 Å². The van der Waals surface area contributed by atoms with E-state index in [-0.39, 0.29) is 11.9 Å². The average molecular weight is 394 g/mol. The van der Waals surface area contributed by atoms with Crippen LogP contribution in [0.1, 0.15) is 24.0 Å². The molecule has 2 saturated heterocycles. The fourth-order valence-corrected chi connectivity index (χ4v) is 4.49. The minimum absolute atomic E-state index is 0.105. The molecule has 1 atom stereocenters. The van der Waals surface area contributed by atoms with Crippen molar-refractivity contribution in [1.82, 2.24) is 9.80 Å². The van der Waals surface area contributed by atoms with Crippen molar-refractivity contribution in [3.8, 4) is 0 Å². The summed E-state index contributed by atoms with van der Waals surface area (Å²) in [5.74, 6) is -0.105. The Balaban J connectivity index is 1.54. The maximum absolute atomic E-state index is 13.3. The lowest BCUT2D eigenvalue weighted by Crippen LogP contribution is -2.47. The molecular weight excluding hydrogens is 374 g/mol. The molecule has 0 saturated carbocycles. The van der Waals surface area contributed by atoms with Crippen LogP contribution in [0.15, 0.2) is 48.5 Å². The van der Waals surface area contributed by atoms with E-state index in [0.29, 0.717) is 43.1 Å². The average Bonchev–Trinajstić information content (AvgIpc) is 3.20. The predicted molar refractivity (Wildman–Crippen MR) is 107 cm³/mol. The molecule has 0 N–H and O–H groups in total. The van der Waals surface area contributed by atoms with Crippen molar-refractivity contribution in [3.63, 3.8) is 0 Å². The first-order valence-corrected chi connectivity index (χ1v) is 9.76. The van der Waals surface area contributed by atoms with Gasteiger partial charge in [0.15, 0.2) is 5.69 Å². The van der Waals surface area contributed by atoms with Crippen LogP contribution in [0.3, 0.4) is 0 Å². The summed E-state index contributed by atoms with van der Waals surface area (Å²) >= 11 is 6.04. The van der Waals surface area contributed by atoms with Gasteiger partial charge in [-0.15, -0.1) is 0 Å². The van der Waals surface area contributed by atoms with E-state index in [1.54, 1.807) is 17.0 Å². The molecule has 142 valence electrons. The molecule has 0 bridgehead atoms. The second kappa shape index (κ2) is 7.29. The van der Waals surface area contributed by atoms with Gasteiger partial charge in [0.2, 0.25) is 0 Å². The molecule has 6 heteroatoms. The van der Waals surface area contributed by atoms with Gasteiger partial charge in [0.05, 0.1) is 6.57 Å². The van der Waals surface area contributed by atoms with Gasteiger partial charge in [-0.25, -0.2) is 9.64 Å². The smallest absolute Gasteiger partial charge is 0.309 e. The molecule has 4 rings (SSSR count). The van der Waals surface area contributed by atoms with Gasteiger partial charge in [-0.3, -0.25) is 9.69 Å². The molecule has 2 heterocycles. The Morgan fingerprint density at radius 1 is 1.11 bits per heavy atom. The molecule has 5 nitrogen and oxygen atoms in total. The fourth-order valence-electron chi connectivity index (χ4n) is 4.28. The number of fused-ring (bicyclic) bond motifs is 1. The summed E-state index contributed by atoms with van der Waals surface area (Å²) in [6.07, 6.45) is 2.58. The Bertz CT molecular complexity index is 966. The molecular formula is C22H20ClN3O2. The minimum atomic E-state index is -0.787. The third-order valence-corrected chi connectivity index (χ3v) is 5.90. The Hall–Kier alpha value is -2.84. The molecule has 2 aromatic carbocycles. The van der Waals surface area contributed by atoms with Crippen molar-refractivity contribution in [3.05, 3.63) is 76.1 Å². The molecule has 0 radical (unpaired) electrons. The maximum atomic E-state index is 13.3. The van der Waals surface area contributed by atoms with Crippen molar-refractivity contribution in [2.45, 2.75) is 31.2 Å². The van der Waals surface area contributed by atoms with Crippen LogP contribution in [-0.2, 0) is 17.6 Å². The topological polar surface area (TPSA) is 45.0 Å². The highest BCUT2D eigenvalue weighted by atomic mass is 35.5. The lowest BCUT2D eigenvalue weighted by Gasteiger charge is -2.28. The molecule has 2 aliphatic heterocycles. The van der Waals surface area contributed by atoms with Crippen molar-refractivity contribution in [2.24, 2.45) is 0 Å². The molecule has 28 heavy (non-hydrogen) atoms. The lowest BCUT2D eigenvalue weighted by atomic mass is 9.88. The molecule has 2 aliphatic rings. The normalized spacial score (nSPS) is 21.1. The molecule has 0 spiro atoms. The van der Waals surface area contributed by atoms with E-state index >= 15 is 0 Å². The number of nitrogens with zero attached hydrogens (tertiary/aromatic N) is 3. The monoisotopic (exact) mass is 393 g/mol. The van der Waals surface area contributed by atoms with Gasteiger partial charge in [-0.05, 0) is 42.5 Å². The Morgan fingerprint density at radius 2 is 1.89 bits per heavy atom. The SMILES string of the molecule is [C-]#[N+]c1ccc(CC23CCCN2C(=O)N(CCc2cccc(Cl)c2)C3=O)cc1. The Kier molecular flexibility index (Phi) is 4.82. The van der Waals surface area contributed by atoms with Gasteiger partial charge in [0, 0.05) is 24.5 Å². The van der Waals surface area contributed by atoms with E-state index < -0.39 is 5.54 Å². The molecule has 2 fully saturated rings. The van der Waals surface area contributed by atoms with Crippen LogP contribution in [-0.4, -0.2) is 40.4 Å². The van der Waals surface area contributed by atoms with Gasteiger partial charge in [0.1, 0.15) is 5.54 Å². The van der Waals surface area contributed by atoms with Crippen molar-refractivity contribution < 1.29 is 9.59 Å². The number of urea groups is 1. The van der Waals surface area contributed by atoms with Crippen LogP contribution in [0.4, 0.5) is 10.5 Å². The number of benzene rings is 2. The number of rotatable bonds is 5. The zero-order chi connectivity index (χ0) is 19.7. The van der Waals surface area contributed by atoms with E-state index in [1.807, 2.05) is 36.4 Å². The van der Waals surface area contributed by atoms with E-state index in [1.165, 1.54) is 4.90 Å². The van der Waals surface area contributed by atoms with Crippen LogP contribution < -0.4 is 0 Å². The van der Waals surface area contributed by atoms with E-state index in [4.69, 9.17) is 18.2 Å². The van der Waals surface area contributed by atoms with Crippen molar-refractivity contribution >= 4 is 29.2 Å². The standard InChI is InChI=1S/C22H20ClN3O2/c1-24-19-8-6-17(7-9-19)15-22-11-3-12-26(22)21(28)25(20(22)27)13-10-16-4-2-5-18(23)14-16/h2,4-9,14H,3,10-13,15H2. The predicted octanol–water partition coefficient (Wildman–Crippen LogP) is 4.47. The number of hydrogen-bond acceptors (Lipinski definition) is 2. The van der Waals surface area contributed by atoms with Crippen molar-refractivity contribution in [2.75, 3.05) is 13.1 Å². The minimum Gasteiger partial charge on any atom is -0.309 e. The summed E-state index contributed by atoms with van der Waals surface area (Å²) in [6, 6.07) is 14.6. The highest BCUT2D eigenvalue weighted by Gasteiger charge is 2.58. The maximum Gasteiger partial charge on any atom is 0.327 e. The van der Waals surface area contributed by atoms with E-state index in [0.717, 1.165) is 17.5 Å². The molecule has 2 aromatic rings. The quantitative estimate of drug-likeness (QED) is 0.555. The van der Waals surface area contributed by atoms with Gasteiger partial charge in [-0.1, -0.05) is 48.0 Å². The third-order valence-electron chi connectivity index (χ3n) is 5.67. The number of halogens is 1. The number of amides is 3. The highest BCUT2D eigenvalue weighted by Crippen LogP contribution is 2.40. The van der Waals surface area contributed by atoms with Crippen LogP contribution in [0.5, 0.6) is 0 Å². The summed E-state index contributed by atoms with van der Waals surface area (Å²) in [4.78, 5) is 32.8. The number of imide groups is 1. The Morgan fingerprint density at radius 3 is 2.61 bits per heavy atom. The van der Waals surface area contributed by atoms with E-state index in [2.05, 4.69) is 4.85 Å². The largest absolute Gasteiger partial charge is 0.327 e. The summed E-state index contributed by atoms with van der Waals surface area (Å²) in [6.45, 7) is 8.04. The highest BCUT2D eigenvalue weighted by molar-refractivity contribution is 6.30. The summed E-state index contributed by atoms with van der Waals surface area (Å²) in [5, 5.41) is 0.650. The van der Waals surface area contributed by atoms with E-state index in [9.17, 15) is 9.59 Å². The first-order valence-electron chi connectivity index (χ1n) is 9.38. The summed E-state index contributed by atoms with van der Waals surface area (Å²) in [5.41, 5.74) is 1.76. The lowest BCUT2D eigenvalue weighted by molar-refractivity contribution is -0.132. The zero-order valence-electron chi connectivity index (χ0n) is 15.4. The first-order chi connectivity index (χ1) is 13.5. The van der Waals surface area contributed by atoms with Gasteiger partial charge >= 0.3 is 6.03 Å².